The Morgan fingerprint density at radius 1 is 1.29 bits per heavy atom. The van der Waals surface area contributed by atoms with Gasteiger partial charge in [-0.15, -0.1) is 11.6 Å². The van der Waals surface area contributed by atoms with E-state index >= 15 is 0 Å². The van der Waals surface area contributed by atoms with E-state index in [1.807, 2.05) is 4.72 Å². The van der Waals surface area contributed by atoms with E-state index in [2.05, 4.69) is 4.99 Å². The highest BCUT2D eigenvalue weighted by Gasteiger charge is 2.19. The molecule has 0 spiro atoms. The number of benzene rings is 1. The number of carbonyl (C=O) groups is 1. The molecule has 3 N–H and O–H groups in total. The summed E-state index contributed by atoms with van der Waals surface area (Å²) in [5.41, 5.74) is 5.83. The van der Waals surface area contributed by atoms with Crippen LogP contribution in [-0.4, -0.2) is 26.0 Å². The summed E-state index contributed by atoms with van der Waals surface area (Å²) in [5, 5.41) is 11.1. The first-order valence-electron chi connectivity index (χ1n) is 6.57. The lowest BCUT2D eigenvalue weighted by Gasteiger charge is -2.07. The zero-order valence-electron chi connectivity index (χ0n) is 12.2. The number of pyridine rings is 1. The molecule has 1 aromatic carbocycles. The number of nitrogens with zero attached hydrogens (tertiary/aromatic N) is 2. The maximum absolute atomic E-state index is 12.2. The third-order valence-corrected chi connectivity index (χ3v) is 4.44. The Labute approximate surface area is 143 Å². The van der Waals surface area contributed by atoms with Crippen LogP contribution in [-0.2, 0) is 10.0 Å². The molecule has 0 atom stereocenters. The zero-order chi connectivity index (χ0) is 17.7. The molecule has 0 aliphatic carbocycles. The monoisotopic (exact) mass is 368 g/mol. The van der Waals surface area contributed by atoms with Crippen LogP contribution >= 0.6 is 11.6 Å². The molecular formula is C14H13ClN4O4S. The number of alkyl halides is 1. The lowest BCUT2D eigenvalue weighted by atomic mass is 10.3. The molecule has 0 aliphatic heterocycles. The fourth-order valence-electron chi connectivity index (χ4n) is 1.72. The van der Waals surface area contributed by atoms with Crippen molar-refractivity contribution in [3.63, 3.8) is 0 Å². The molecule has 0 saturated carbocycles. The Balaban J connectivity index is 2.20. The van der Waals surface area contributed by atoms with Crippen molar-refractivity contribution in [3.8, 4) is 0 Å². The van der Waals surface area contributed by atoms with Gasteiger partial charge in [-0.25, -0.2) is 18.1 Å². The Morgan fingerprint density at radius 3 is 2.54 bits per heavy atom. The fourth-order valence-corrected chi connectivity index (χ4v) is 2.76. The third kappa shape index (κ3) is 4.43. The number of aliphatic imine (C=N–C) groups is 1. The van der Waals surface area contributed by atoms with Crippen LogP contribution in [0.25, 0.3) is 0 Å². The van der Waals surface area contributed by atoms with Gasteiger partial charge in [-0.1, -0.05) is 0 Å². The number of aromatic nitrogens is 1. The minimum Gasteiger partial charge on any atom is -0.619 e. The normalized spacial score (nSPS) is 12.0. The van der Waals surface area contributed by atoms with Crippen LogP contribution in [0.4, 0.5) is 5.69 Å². The average Bonchev–Trinajstić information content (AvgIpc) is 2.55. The van der Waals surface area contributed by atoms with E-state index in [1.54, 1.807) is 0 Å². The summed E-state index contributed by atoms with van der Waals surface area (Å²) >= 11 is 5.51. The van der Waals surface area contributed by atoms with Crippen molar-refractivity contribution in [1.82, 2.24) is 4.72 Å². The van der Waals surface area contributed by atoms with Gasteiger partial charge in [0.25, 0.3) is 15.9 Å². The molecule has 1 amide bonds. The summed E-state index contributed by atoms with van der Waals surface area (Å²) in [5.74, 6) is -0.670. The second-order valence-electron chi connectivity index (χ2n) is 4.62. The molecule has 10 heteroatoms. The lowest BCUT2D eigenvalue weighted by Crippen LogP contribution is -2.33. The number of hydrogen-bond acceptors (Lipinski definition) is 5. The molecule has 8 nitrogen and oxygen atoms in total. The number of sulfonamides is 1. The molecule has 0 aliphatic rings. The summed E-state index contributed by atoms with van der Waals surface area (Å²) < 4.78 is 26.7. The molecule has 0 unspecified atom stereocenters. The minimum absolute atomic E-state index is 0.0485. The summed E-state index contributed by atoms with van der Waals surface area (Å²) in [6, 6.07) is 8.05. The van der Waals surface area contributed by atoms with Crippen LogP contribution in [0.15, 0.2) is 58.7 Å². The van der Waals surface area contributed by atoms with E-state index < -0.39 is 15.9 Å². The van der Waals surface area contributed by atoms with E-state index in [9.17, 15) is 18.4 Å². The van der Waals surface area contributed by atoms with Crippen molar-refractivity contribution in [2.75, 3.05) is 5.88 Å². The largest absolute Gasteiger partial charge is 0.619 e. The Bertz CT molecular complexity index is 882. The molecule has 24 heavy (non-hydrogen) atoms. The van der Waals surface area contributed by atoms with Crippen LogP contribution < -0.4 is 15.2 Å². The summed E-state index contributed by atoms with van der Waals surface area (Å²) in [6.45, 7) is 0. The number of rotatable bonds is 5. The molecule has 1 aromatic heterocycles. The first-order valence-corrected chi connectivity index (χ1v) is 8.58. The number of amides is 1. The predicted molar refractivity (Wildman–Crippen MR) is 88.5 cm³/mol. The van der Waals surface area contributed by atoms with Crippen LogP contribution in [0.1, 0.15) is 10.4 Å². The smallest absolute Gasteiger partial charge is 0.271 e. The molecule has 2 rings (SSSR count). The fraction of sp³-hybridized carbons (Fsp3) is 0.0714. The van der Waals surface area contributed by atoms with Gasteiger partial charge in [-0.05, 0) is 30.3 Å². The Morgan fingerprint density at radius 2 is 1.96 bits per heavy atom. The zero-order valence-corrected chi connectivity index (χ0v) is 13.8. The van der Waals surface area contributed by atoms with Gasteiger partial charge in [0.2, 0.25) is 0 Å². The highest BCUT2D eigenvalue weighted by molar-refractivity contribution is 7.90. The van der Waals surface area contributed by atoms with Gasteiger partial charge in [-0.3, -0.25) is 4.79 Å². The number of amidine groups is 1. The maximum atomic E-state index is 12.2. The van der Waals surface area contributed by atoms with Crippen LogP contribution in [0.5, 0.6) is 0 Å². The van der Waals surface area contributed by atoms with Crippen LogP contribution in [0.2, 0.25) is 0 Å². The molecular weight excluding hydrogens is 356 g/mol. The molecule has 0 radical (unpaired) electrons. The van der Waals surface area contributed by atoms with E-state index in [0.717, 1.165) is 6.20 Å². The SMILES string of the molecule is NC(CCl)=Nc1ccc(S(=O)(=O)NC(=O)c2ccc[n+]([O-])c2)cc1. The third-order valence-electron chi connectivity index (χ3n) is 2.82. The van der Waals surface area contributed by atoms with Gasteiger partial charge in [0.15, 0.2) is 12.4 Å². The molecule has 0 bridgehead atoms. The van der Waals surface area contributed by atoms with Crippen molar-refractivity contribution in [1.29, 1.82) is 0 Å². The topological polar surface area (TPSA) is 129 Å². The van der Waals surface area contributed by atoms with Gasteiger partial charge in [0.05, 0.1) is 16.5 Å². The van der Waals surface area contributed by atoms with E-state index in [4.69, 9.17) is 17.3 Å². The summed E-state index contributed by atoms with van der Waals surface area (Å²) in [6.07, 6.45) is 2.15. The van der Waals surface area contributed by atoms with Crippen molar-refractivity contribution in [2.45, 2.75) is 4.90 Å². The maximum Gasteiger partial charge on any atom is 0.271 e. The quantitative estimate of drug-likeness (QED) is 0.263. The van der Waals surface area contributed by atoms with Gasteiger partial charge >= 0.3 is 0 Å². The molecule has 0 fully saturated rings. The average molecular weight is 369 g/mol. The van der Waals surface area contributed by atoms with Gasteiger partial charge < -0.3 is 10.9 Å². The van der Waals surface area contributed by atoms with Crippen LogP contribution in [0, 0.1) is 5.21 Å². The lowest BCUT2D eigenvalue weighted by molar-refractivity contribution is -0.605. The second kappa shape index (κ2) is 7.28. The van der Waals surface area contributed by atoms with Gasteiger partial charge in [0.1, 0.15) is 11.4 Å². The number of carbonyl (C=O) groups excluding carboxylic acids is 1. The minimum atomic E-state index is -4.09. The van der Waals surface area contributed by atoms with Crippen LogP contribution in [0.3, 0.4) is 0 Å². The van der Waals surface area contributed by atoms with Gasteiger partial charge in [-0.2, -0.15) is 4.73 Å². The van der Waals surface area contributed by atoms with Crippen molar-refractivity contribution < 1.29 is 17.9 Å². The predicted octanol–water partition coefficient (Wildman–Crippen LogP) is 0.666. The number of nitrogens with one attached hydrogen (secondary N) is 1. The van der Waals surface area contributed by atoms with E-state index in [1.165, 1.54) is 42.6 Å². The standard InChI is InChI=1S/C14H13ClN4O4S/c15-8-13(16)17-11-3-5-12(6-4-11)24(22,23)18-14(20)10-2-1-7-19(21)9-10/h1-7,9H,8H2,(H2,16,17)(H,18,20). The summed E-state index contributed by atoms with van der Waals surface area (Å²) in [7, 11) is -4.09. The Kier molecular flexibility index (Phi) is 5.37. The molecule has 0 saturated heterocycles. The first-order chi connectivity index (χ1) is 11.3. The number of halogens is 1. The molecule has 2 aromatic rings. The van der Waals surface area contributed by atoms with Crippen molar-refractivity contribution in [3.05, 3.63) is 59.6 Å². The highest BCUT2D eigenvalue weighted by Crippen LogP contribution is 2.16. The van der Waals surface area contributed by atoms with Gasteiger partial charge in [0, 0.05) is 6.07 Å². The van der Waals surface area contributed by atoms with Crippen molar-refractivity contribution >= 4 is 39.1 Å². The number of hydrogen-bond donors (Lipinski definition) is 2. The second-order valence-corrected chi connectivity index (χ2v) is 6.57. The van der Waals surface area contributed by atoms with Crippen molar-refractivity contribution in [2.24, 2.45) is 10.7 Å². The van der Waals surface area contributed by atoms with E-state index in [0.29, 0.717) is 10.4 Å². The molecule has 1 heterocycles. The highest BCUT2D eigenvalue weighted by atomic mass is 35.5. The molecule has 126 valence electrons. The first kappa shape index (κ1) is 17.7. The van der Waals surface area contributed by atoms with E-state index in [-0.39, 0.29) is 22.2 Å². The number of nitrogens with two attached hydrogens (primary N) is 1. The summed E-state index contributed by atoms with van der Waals surface area (Å²) in [4.78, 5) is 15.8. The Hall–Kier alpha value is -2.65.